The zero-order chi connectivity index (χ0) is 17.8. The summed E-state index contributed by atoms with van der Waals surface area (Å²) in [7, 11) is 0. The number of rotatable bonds is 3. The summed E-state index contributed by atoms with van der Waals surface area (Å²) >= 11 is 5.82. The van der Waals surface area contributed by atoms with Gasteiger partial charge in [-0.05, 0) is 55.5 Å². The summed E-state index contributed by atoms with van der Waals surface area (Å²) < 4.78 is 5.36. The highest BCUT2D eigenvalue weighted by atomic mass is 35.5. The molecule has 2 amide bonds. The molecule has 0 aromatic heterocycles. The van der Waals surface area contributed by atoms with E-state index in [2.05, 4.69) is 5.32 Å². The van der Waals surface area contributed by atoms with Gasteiger partial charge in [0.2, 0.25) is 0 Å². The average molecular weight is 359 g/mol. The molecule has 2 aromatic carbocycles. The number of benzene rings is 2. The maximum atomic E-state index is 12.6. The number of anilines is 1. The quantitative estimate of drug-likeness (QED) is 0.914. The molecular formula is C19H19ClN2O3. The first-order valence-corrected chi connectivity index (χ1v) is 8.48. The molecule has 1 N–H and O–H groups in total. The van der Waals surface area contributed by atoms with Crippen molar-refractivity contribution >= 4 is 29.1 Å². The second kappa shape index (κ2) is 7.68. The molecule has 0 aliphatic carbocycles. The third kappa shape index (κ3) is 4.18. The highest BCUT2D eigenvalue weighted by molar-refractivity contribution is 6.30. The fraction of sp³-hybridized carbons (Fsp3) is 0.263. The van der Waals surface area contributed by atoms with E-state index in [0.29, 0.717) is 41.6 Å². The second-order valence-electron chi connectivity index (χ2n) is 5.96. The van der Waals surface area contributed by atoms with Crippen molar-refractivity contribution in [3.8, 4) is 0 Å². The van der Waals surface area contributed by atoms with Crippen LogP contribution in [-0.2, 0) is 4.74 Å². The maximum absolute atomic E-state index is 12.6. The number of carbonyl (C=O) groups excluding carboxylic acids is 2. The molecule has 0 saturated carbocycles. The van der Waals surface area contributed by atoms with Gasteiger partial charge in [-0.25, -0.2) is 0 Å². The Morgan fingerprint density at radius 3 is 2.36 bits per heavy atom. The van der Waals surface area contributed by atoms with Crippen molar-refractivity contribution in [2.75, 3.05) is 25.1 Å². The number of hydrogen-bond donors (Lipinski definition) is 1. The number of halogens is 1. The van der Waals surface area contributed by atoms with Crippen LogP contribution in [0, 0.1) is 0 Å². The number of hydrogen-bond acceptors (Lipinski definition) is 3. The highest BCUT2D eigenvalue weighted by Gasteiger charge is 2.24. The SMILES string of the molecule is CC1COCCN1C(=O)c1ccc(NC(=O)c2ccc(Cl)cc2)cc1. The molecule has 1 saturated heterocycles. The third-order valence-corrected chi connectivity index (χ3v) is 4.38. The normalized spacial score (nSPS) is 17.2. The van der Waals surface area contributed by atoms with E-state index >= 15 is 0 Å². The van der Waals surface area contributed by atoms with Crippen molar-refractivity contribution < 1.29 is 14.3 Å². The van der Waals surface area contributed by atoms with Crippen molar-refractivity contribution in [1.29, 1.82) is 0 Å². The molecule has 1 aliphatic rings. The first-order valence-electron chi connectivity index (χ1n) is 8.10. The first-order chi connectivity index (χ1) is 12.0. The van der Waals surface area contributed by atoms with Gasteiger partial charge < -0.3 is 15.0 Å². The van der Waals surface area contributed by atoms with Crippen LogP contribution in [0.1, 0.15) is 27.6 Å². The summed E-state index contributed by atoms with van der Waals surface area (Å²) in [6.45, 7) is 3.68. The molecule has 3 rings (SSSR count). The van der Waals surface area contributed by atoms with E-state index in [1.807, 2.05) is 11.8 Å². The monoisotopic (exact) mass is 358 g/mol. The van der Waals surface area contributed by atoms with Crippen LogP contribution in [-0.4, -0.2) is 42.5 Å². The molecule has 0 radical (unpaired) electrons. The third-order valence-electron chi connectivity index (χ3n) is 4.12. The lowest BCUT2D eigenvalue weighted by atomic mass is 10.1. The van der Waals surface area contributed by atoms with Crippen molar-refractivity contribution in [3.63, 3.8) is 0 Å². The molecule has 25 heavy (non-hydrogen) atoms. The Balaban J connectivity index is 1.66. The second-order valence-corrected chi connectivity index (χ2v) is 6.40. The van der Waals surface area contributed by atoms with E-state index in [1.54, 1.807) is 48.5 Å². The molecule has 1 fully saturated rings. The summed E-state index contributed by atoms with van der Waals surface area (Å²) in [5, 5.41) is 3.39. The average Bonchev–Trinajstić information content (AvgIpc) is 2.63. The lowest BCUT2D eigenvalue weighted by molar-refractivity contribution is 0.00359. The molecule has 1 aliphatic heterocycles. The number of ether oxygens (including phenoxy) is 1. The standard InChI is InChI=1S/C19H19ClN2O3/c1-13-12-25-11-10-22(13)19(24)15-4-8-17(9-5-15)21-18(23)14-2-6-16(20)7-3-14/h2-9,13H,10-12H2,1H3,(H,21,23). The molecule has 1 heterocycles. The Hall–Kier alpha value is -2.37. The minimum absolute atomic E-state index is 0.0219. The smallest absolute Gasteiger partial charge is 0.255 e. The summed E-state index contributed by atoms with van der Waals surface area (Å²) in [5.41, 5.74) is 1.75. The fourth-order valence-electron chi connectivity index (χ4n) is 2.70. The Morgan fingerprint density at radius 1 is 1.08 bits per heavy atom. The Labute approximate surface area is 151 Å². The van der Waals surface area contributed by atoms with Gasteiger partial charge in [-0.2, -0.15) is 0 Å². The van der Waals surface area contributed by atoms with Gasteiger partial charge in [0.25, 0.3) is 11.8 Å². The minimum atomic E-state index is -0.224. The minimum Gasteiger partial charge on any atom is -0.377 e. The van der Waals surface area contributed by atoms with E-state index in [0.717, 1.165) is 0 Å². The molecule has 5 nitrogen and oxygen atoms in total. The summed E-state index contributed by atoms with van der Waals surface area (Å²) in [6, 6.07) is 13.6. The van der Waals surface area contributed by atoms with Crippen LogP contribution >= 0.6 is 11.6 Å². The topological polar surface area (TPSA) is 58.6 Å². The fourth-order valence-corrected chi connectivity index (χ4v) is 2.82. The van der Waals surface area contributed by atoms with Gasteiger partial charge in [-0.15, -0.1) is 0 Å². The lowest BCUT2D eigenvalue weighted by Gasteiger charge is -2.33. The molecule has 1 unspecified atom stereocenters. The van der Waals surface area contributed by atoms with Crippen LogP contribution in [0.4, 0.5) is 5.69 Å². The largest absolute Gasteiger partial charge is 0.377 e. The van der Waals surface area contributed by atoms with E-state index in [1.165, 1.54) is 0 Å². The summed E-state index contributed by atoms with van der Waals surface area (Å²) in [4.78, 5) is 26.6. The van der Waals surface area contributed by atoms with E-state index in [-0.39, 0.29) is 17.9 Å². The van der Waals surface area contributed by atoms with Gasteiger partial charge in [0, 0.05) is 28.4 Å². The van der Waals surface area contributed by atoms with Crippen molar-refractivity contribution in [2.45, 2.75) is 13.0 Å². The van der Waals surface area contributed by atoms with Crippen LogP contribution < -0.4 is 5.32 Å². The van der Waals surface area contributed by atoms with Crippen LogP contribution in [0.2, 0.25) is 5.02 Å². The molecule has 1 atom stereocenters. The molecule has 130 valence electrons. The zero-order valence-corrected chi connectivity index (χ0v) is 14.6. The lowest BCUT2D eigenvalue weighted by Crippen LogP contribution is -2.47. The molecule has 2 aromatic rings. The zero-order valence-electron chi connectivity index (χ0n) is 13.9. The van der Waals surface area contributed by atoms with Crippen LogP contribution in [0.15, 0.2) is 48.5 Å². The van der Waals surface area contributed by atoms with E-state index in [9.17, 15) is 9.59 Å². The van der Waals surface area contributed by atoms with Gasteiger partial charge in [0.05, 0.1) is 19.3 Å². The number of morpholine rings is 1. The van der Waals surface area contributed by atoms with Gasteiger partial charge >= 0.3 is 0 Å². The summed E-state index contributed by atoms with van der Waals surface area (Å²) in [5.74, 6) is -0.246. The first kappa shape index (κ1) is 17.5. The van der Waals surface area contributed by atoms with Crippen LogP contribution in [0.25, 0.3) is 0 Å². The molecule has 6 heteroatoms. The predicted molar refractivity (Wildman–Crippen MR) is 97.2 cm³/mol. The Bertz CT molecular complexity index is 759. The molecule has 0 bridgehead atoms. The van der Waals surface area contributed by atoms with Crippen molar-refractivity contribution in [2.24, 2.45) is 0 Å². The van der Waals surface area contributed by atoms with E-state index < -0.39 is 0 Å². The Morgan fingerprint density at radius 2 is 1.72 bits per heavy atom. The van der Waals surface area contributed by atoms with Gasteiger partial charge in [-0.1, -0.05) is 11.6 Å². The number of carbonyl (C=O) groups is 2. The van der Waals surface area contributed by atoms with E-state index in [4.69, 9.17) is 16.3 Å². The number of amides is 2. The van der Waals surface area contributed by atoms with Gasteiger partial charge in [-0.3, -0.25) is 9.59 Å². The predicted octanol–water partition coefficient (Wildman–Crippen LogP) is 3.45. The molecule has 0 spiro atoms. The number of nitrogens with zero attached hydrogens (tertiary/aromatic N) is 1. The van der Waals surface area contributed by atoms with Crippen LogP contribution in [0.5, 0.6) is 0 Å². The number of nitrogens with one attached hydrogen (secondary N) is 1. The van der Waals surface area contributed by atoms with Gasteiger partial charge in [0.1, 0.15) is 0 Å². The maximum Gasteiger partial charge on any atom is 0.255 e. The van der Waals surface area contributed by atoms with Crippen LogP contribution in [0.3, 0.4) is 0 Å². The summed E-state index contributed by atoms with van der Waals surface area (Å²) in [6.07, 6.45) is 0. The van der Waals surface area contributed by atoms with Crippen molar-refractivity contribution in [1.82, 2.24) is 4.90 Å². The highest BCUT2D eigenvalue weighted by Crippen LogP contribution is 2.16. The van der Waals surface area contributed by atoms with Gasteiger partial charge in [0.15, 0.2) is 0 Å². The molecular weight excluding hydrogens is 340 g/mol. The van der Waals surface area contributed by atoms with Crippen molar-refractivity contribution in [3.05, 3.63) is 64.7 Å². The Kier molecular flexibility index (Phi) is 5.36.